The summed E-state index contributed by atoms with van der Waals surface area (Å²) in [7, 11) is 1.90. The fourth-order valence-corrected chi connectivity index (χ4v) is 6.37. The number of ether oxygens (including phenoxy) is 1. The molecular weight excluding hydrogens is 506 g/mol. The van der Waals surface area contributed by atoms with Gasteiger partial charge in [0.25, 0.3) is 5.91 Å². The summed E-state index contributed by atoms with van der Waals surface area (Å²) in [6.45, 7) is 5.39. The van der Waals surface area contributed by atoms with Crippen molar-refractivity contribution in [1.29, 1.82) is 0 Å². The van der Waals surface area contributed by atoms with Gasteiger partial charge in [-0.1, -0.05) is 54.1 Å². The summed E-state index contributed by atoms with van der Waals surface area (Å²) in [6, 6.07) is 18.0. The number of hydrogen-bond donors (Lipinski definition) is 1. The highest BCUT2D eigenvalue weighted by atomic mass is 35.5. The maximum absolute atomic E-state index is 13.4. The standard InChI is InChI=1S/C29H30ClN3O3S/c1-19-25(17-33-12-13-36-18-23(33)14-20-6-4-3-5-7-20)37-28-26(19)32(2)16-24(27(28)34)29(35)31-15-21-8-10-22(30)11-9-21/h3-11,16,23H,12-15,17-18H2,1-2H3,(H,31,35)/t23-/m1/s1. The van der Waals surface area contributed by atoms with Crippen molar-refractivity contribution in [2.45, 2.75) is 32.5 Å². The highest BCUT2D eigenvalue weighted by molar-refractivity contribution is 7.19. The van der Waals surface area contributed by atoms with Gasteiger partial charge in [-0.3, -0.25) is 14.5 Å². The van der Waals surface area contributed by atoms with Gasteiger partial charge in [0.15, 0.2) is 0 Å². The minimum Gasteiger partial charge on any atom is -0.378 e. The van der Waals surface area contributed by atoms with Crippen LogP contribution in [0.1, 0.15) is 31.9 Å². The van der Waals surface area contributed by atoms with E-state index in [9.17, 15) is 9.59 Å². The molecule has 1 saturated heterocycles. The van der Waals surface area contributed by atoms with E-state index < -0.39 is 0 Å². The maximum atomic E-state index is 13.4. The molecule has 6 nitrogen and oxygen atoms in total. The fourth-order valence-electron chi connectivity index (χ4n) is 4.92. The summed E-state index contributed by atoms with van der Waals surface area (Å²) in [5.74, 6) is -0.374. The monoisotopic (exact) mass is 535 g/mol. The second-order valence-electron chi connectivity index (χ2n) is 9.51. The molecule has 0 aliphatic carbocycles. The lowest BCUT2D eigenvalue weighted by Crippen LogP contribution is -2.46. The number of carbonyl (C=O) groups excluding carboxylic acids is 1. The Kier molecular flexibility index (Phi) is 7.76. The minimum absolute atomic E-state index is 0.157. The van der Waals surface area contributed by atoms with E-state index in [0.29, 0.717) is 29.5 Å². The van der Waals surface area contributed by atoms with Gasteiger partial charge in [0.05, 0.1) is 23.4 Å². The Balaban J connectivity index is 1.38. The number of fused-ring (bicyclic) bond motifs is 1. The van der Waals surface area contributed by atoms with Crippen molar-refractivity contribution in [1.82, 2.24) is 14.8 Å². The van der Waals surface area contributed by atoms with E-state index in [4.69, 9.17) is 16.3 Å². The predicted molar refractivity (Wildman–Crippen MR) is 150 cm³/mol. The van der Waals surface area contributed by atoms with E-state index in [-0.39, 0.29) is 22.9 Å². The Morgan fingerprint density at radius 3 is 2.65 bits per heavy atom. The Bertz CT molecular complexity index is 1460. The van der Waals surface area contributed by atoms with Crippen LogP contribution in [0.5, 0.6) is 0 Å². The smallest absolute Gasteiger partial charge is 0.257 e. The van der Waals surface area contributed by atoms with Crippen LogP contribution in [-0.4, -0.2) is 41.2 Å². The number of amides is 1. The zero-order chi connectivity index (χ0) is 25.9. The molecule has 0 spiro atoms. The maximum Gasteiger partial charge on any atom is 0.257 e. The van der Waals surface area contributed by atoms with Crippen molar-refractivity contribution in [3.05, 3.63) is 103 Å². The lowest BCUT2D eigenvalue weighted by Gasteiger charge is -2.35. The number of morpholine rings is 1. The zero-order valence-corrected chi connectivity index (χ0v) is 22.6. The number of hydrogen-bond acceptors (Lipinski definition) is 5. The van der Waals surface area contributed by atoms with Crippen LogP contribution in [-0.2, 0) is 31.3 Å². The molecule has 0 saturated carbocycles. The molecule has 2 aromatic carbocycles. The van der Waals surface area contributed by atoms with Crippen LogP contribution in [0.2, 0.25) is 5.02 Å². The molecule has 1 amide bonds. The summed E-state index contributed by atoms with van der Waals surface area (Å²) in [6.07, 6.45) is 2.57. The van der Waals surface area contributed by atoms with E-state index in [2.05, 4.69) is 41.4 Å². The van der Waals surface area contributed by atoms with Crippen LogP contribution >= 0.6 is 22.9 Å². The highest BCUT2D eigenvalue weighted by Gasteiger charge is 2.26. The summed E-state index contributed by atoms with van der Waals surface area (Å²) < 4.78 is 8.34. The molecule has 1 fully saturated rings. The number of carbonyl (C=O) groups is 1. The van der Waals surface area contributed by atoms with Crippen LogP contribution in [0, 0.1) is 6.92 Å². The Morgan fingerprint density at radius 1 is 1.14 bits per heavy atom. The Morgan fingerprint density at radius 2 is 1.89 bits per heavy atom. The number of nitrogens with zero attached hydrogens (tertiary/aromatic N) is 2. The fraction of sp³-hybridized carbons (Fsp3) is 0.310. The molecule has 5 rings (SSSR count). The average Bonchev–Trinajstić information content (AvgIpc) is 3.24. The molecule has 1 atom stereocenters. The SMILES string of the molecule is Cc1c(CN2CCOC[C@H]2Cc2ccccc2)sc2c(=O)c(C(=O)NCc3ccc(Cl)cc3)cn(C)c12. The highest BCUT2D eigenvalue weighted by Crippen LogP contribution is 2.31. The molecule has 4 aromatic rings. The van der Waals surface area contributed by atoms with Crippen LogP contribution in [0.3, 0.4) is 0 Å². The van der Waals surface area contributed by atoms with Crippen LogP contribution in [0.25, 0.3) is 10.2 Å². The van der Waals surface area contributed by atoms with Gasteiger partial charge in [-0.15, -0.1) is 11.3 Å². The number of aryl methyl sites for hydroxylation is 2. The van der Waals surface area contributed by atoms with Crippen molar-refractivity contribution >= 4 is 39.1 Å². The molecule has 37 heavy (non-hydrogen) atoms. The molecule has 1 aliphatic rings. The van der Waals surface area contributed by atoms with Crippen molar-refractivity contribution in [3.63, 3.8) is 0 Å². The van der Waals surface area contributed by atoms with E-state index in [1.165, 1.54) is 16.9 Å². The van der Waals surface area contributed by atoms with Gasteiger partial charge in [0, 0.05) is 48.8 Å². The van der Waals surface area contributed by atoms with E-state index in [0.717, 1.165) is 41.0 Å². The van der Waals surface area contributed by atoms with Gasteiger partial charge in [0.1, 0.15) is 5.56 Å². The second-order valence-corrected chi connectivity index (χ2v) is 11.1. The molecule has 8 heteroatoms. The van der Waals surface area contributed by atoms with E-state index >= 15 is 0 Å². The van der Waals surface area contributed by atoms with Gasteiger partial charge in [0.2, 0.25) is 5.43 Å². The molecule has 1 N–H and O–H groups in total. The molecular formula is C29H30ClN3O3S. The van der Waals surface area contributed by atoms with Crippen LogP contribution < -0.4 is 10.7 Å². The van der Waals surface area contributed by atoms with E-state index in [1.807, 2.05) is 29.8 Å². The third kappa shape index (κ3) is 5.65. The minimum atomic E-state index is -0.374. The predicted octanol–water partition coefficient (Wildman–Crippen LogP) is 4.94. The third-order valence-electron chi connectivity index (χ3n) is 6.96. The molecule has 3 heterocycles. The first kappa shape index (κ1) is 25.7. The van der Waals surface area contributed by atoms with Gasteiger partial charge < -0.3 is 14.6 Å². The van der Waals surface area contributed by atoms with Gasteiger partial charge in [-0.25, -0.2) is 0 Å². The van der Waals surface area contributed by atoms with Gasteiger partial charge >= 0.3 is 0 Å². The number of aromatic nitrogens is 1. The average molecular weight is 536 g/mol. The van der Waals surface area contributed by atoms with E-state index in [1.54, 1.807) is 18.3 Å². The molecule has 1 aliphatic heterocycles. The summed E-state index contributed by atoms with van der Waals surface area (Å²) in [4.78, 5) is 30.0. The second kappa shape index (κ2) is 11.2. The van der Waals surface area contributed by atoms with Gasteiger partial charge in [-0.2, -0.15) is 0 Å². The van der Waals surface area contributed by atoms with Crippen molar-refractivity contribution < 1.29 is 9.53 Å². The number of nitrogens with one attached hydrogen (secondary N) is 1. The largest absolute Gasteiger partial charge is 0.378 e. The number of rotatable bonds is 7. The molecule has 192 valence electrons. The quantitative estimate of drug-likeness (QED) is 0.364. The number of thiophene rings is 1. The van der Waals surface area contributed by atoms with Crippen molar-refractivity contribution in [2.75, 3.05) is 19.8 Å². The summed E-state index contributed by atoms with van der Waals surface area (Å²) in [5.41, 5.74) is 4.14. The Labute approximate surface area is 225 Å². The molecule has 2 aromatic heterocycles. The summed E-state index contributed by atoms with van der Waals surface area (Å²) in [5, 5.41) is 3.51. The molecule has 0 unspecified atom stereocenters. The number of benzene rings is 2. The van der Waals surface area contributed by atoms with Gasteiger partial charge in [-0.05, 0) is 42.2 Å². The number of halogens is 1. The Hall–Kier alpha value is -2.97. The lowest BCUT2D eigenvalue weighted by molar-refractivity contribution is -0.0108. The third-order valence-corrected chi connectivity index (χ3v) is 8.48. The topological polar surface area (TPSA) is 63.6 Å². The van der Waals surface area contributed by atoms with Crippen LogP contribution in [0.4, 0.5) is 0 Å². The molecule has 0 radical (unpaired) electrons. The number of pyridine rings is 1. The van der Waals surface area contributed by atoms with Crippen molar-refractivity contribution in [2.24, 2.45) is 7.05 Å². The lowest BCUT2D eigenvalue weighted by atomic mass is 10.0. The normalized spacial score (nSPS) is 16.2. The summed E-state index contributed by atoms with van der Waals surface area (Å²) >= 11 is 7.45. The molecule has 0 bridgehead atoms. The zero-order valence-electron chi connectivity index (χ0n) is 21.0. The first-order chi connectivity index (χ1) is 17.9. The van der Waals surface area contributed by atoms with Crippen LogP contribution in [0.15, 0.2) is 65.6 Å². The first-order valence-corrected chi connectivity index (χ1v) is 13.6. The first-order valence-electron chi connectivity index (χ1n) is 12.4. The van der Waals surface area contributed by atoms with Crippen molar-refractivity contribution in [3.8, 4) is 0 Å².